The summed E-state index contributed by atoms with van der Waals surface area (Å²) in [5, 5.41) is 12.5. The van der Waals surface area contributed by atoms with Crippen LogP contribution in [0.25, 0.3) is 10.4 Å². The van der Waals surface area contributed by atoms with Crippen molar-refractivity contribution < 1.29 is 14.3 Å². The number of hydrogen-bond acceptors (Lipinski definition) is 3. The first-order chi connectivity index (χ1) is 7.56. The van der Waals surface area contributed by atoms with Crippen LogP contribution in [0.2, 0.25) is 0 Å². The van der Waals surface area contributed by atoms with E-state index in [0.717, 1.165) is 12.1 Å². The van der Waals surface area contributed by atoms with Gasteiger partial charge in [0.1, 0.15) is 11.9 Å². The fraction of sp³-hybridized carbons (Fsp3) is 0.300. The van der Waals surface area contributed by atoms with Gasteiger partial charge in [0.05, 0.1) is 6.10 Å². The van der Waals surface area contributed by atoms with E-state index >= 15 is 0 Å². The van der Waals surface area contributed by atoms with E-state index in [1.54, 1.807) is 0 Å². The summed E-state index contributed by atoms with van der Waals surface area (Å²) in [7, 11) is 0. The first-order valence-electron chi connectivity index (χ1n) is 4.58. The molecule has 1 aromatic carbocycles. The molecule has 0 saturated heterocycles. The predicted octanol–water partition coefficient (Wildman–Crippen LogP) is 2.07. The molecule has 0 unspecified atom stereocenters. The minimum absolute atomic E-state index is 0.194. The minimum atomic E-state index is -1.18. The Hall–Kier alpha value is -1.91. The van der Waals surface area contributed by atoms with E-state index in [1.807, 2.05) is 0 Å². The number of carbonyl (C=O) groups excluding carboxylic acids is 1. The molecule has 1 aromatic rings. The molecule has 1 N–H and O–H groups in total. The summed E-state index contributed by atoms with van der Waals surface area (Å²) in [6, 6.07) is 3.63. The van der Waals surface area contributed by atoms with Crippen LogP contribution < -0.4 is 0 Å². The van der Waals surface area contributed by atoms with Crippen molar-refractivity contribution in [3.8, 4) is 0 Å². The summed E-state index contributed by atoms with van der Waals surface area (Å²) < 4.78 is 12.6. The molecule has 0 radical (unpaired) electrons. The standard InChI is InChI=1S/C10H10FN3O2/c1-6(15)9(13-14-12)10(16)7-2-4-8(11)5-3-7/h2-6,9,15H,1H3/t6-,9-/m1/s1. The van der Waals surface area contributed by atoms with Gasteiger partial charge in [-0.15, -0.1) is 0 Å². The van der Waals surface area contributed by atoms with Crippen LogP contribution in [0.5, 0.6) is 0 Å². The number of benzene rings is 1. The number of halogens is 1. The fourth-order valence-electron chi connectivity index (χ4n) is 1.21. The van der Waals surface area contributed by atoms with Gasteiger partial charge in [-0.1, -0.05) is 5.11 Å². The number of ketones is 1. The Morgan fingerprint density at radius 3 is 2.50 bits per heavy atom. The van der Waals surface area contributed by atoms with Crippen molar-refractivity contribution in [1.29, 1.82) is 0 Å². The lowest BCUT2D eigenvalue weighted by Crippen LogP contribution is -2.29. The van der Waals surface area contributed by atoms with Gasteiger partial charge < -0.3 is 5.11 Å². The molecule has 0 aliphatic rings. The average Bonchev–Trinajstić information content (AvgIpc) is 2.25. The maximum atomic E-state index is 12.6. The molecule has 0 fully saturated rings. The number of carbonyl (C=O) groups is 1. The summed E-state index contributed by atoms with van der Waals surface area (Å²) in [4.78, 5) is 14.2. The second-order valence-electron chi connectivity index (χ2n) is 3.26. The topological polar surface area (TPSA) is 86.1 Å². The third-order valence-corrected chi connectivity index (χ3v) is 2.03. The Morgan fingerprint density at radius 2 is 2.06 bits per heavy atom. The average molecular weight is 223 g/mol. The first-order valence-corrected chi connectivity index (χ1v) is 4.58. The number of azide groups is 1. The van der Waals surface area contributed by atoms with E-state index in [2.05, 4.69) is 10.0 Å². The van der Waals surface area contributed by atoms with Crippen LogP contribution in [-0.4, -0.2) is 23.0 Å². The summed E-state index contributed by atoms with van der Waals surface area (Å²) in [6.07, 6.45) is -1.09. The lowest BCUT2D eigenvalue weighted by atomic mass is 10.0. The number of rotatable bonds is 4. The van der Waals surface area contributed by atoms with Crippen LogP contribution in [0.1, 0.15) is 17.3 Å². The molecule has 5 nitrogen and oxygen atoms in total. The van der Waals surface area contributed by atoms with Crippen molar-refractivity contribution in [3.63, 3.8) is 0 Å². The molecule has 0 heterocycles. The highest BCUT2D eigenvalue weighted by molar-refractivity contribution is 6.00. The van der Waals surface area contributed by atoms with Crippen molar-refractivity contribution in [2.75, 3.05) is 0 Å². The Kier molecular flexibility index (Phi) is 3.99. The minimum Gasteiger partial charge on any atom is -0.393 e. The lowest BCUT2D eigenvalue weighted by Gasteiger charge is -2.12. The quantitative estimate of drug-likeness (QED) is 0.366. The maximum absolute atomic E-state index is 12.6. The second kappa shape index (κ2) is 5.25. The molecule has 16 heavy (non-hydrogen) atoms. The molecule has 0 amide bonds. The summed E-state index contributed by atoms with van der Waals surface area (Å²) in [5.74, 6) is -0.998. The fourth-order valence-corrected chi connectivity index (χ4v) is 1.21. The van der Waals surface area contributed by atoms with Crippen LogP contribution in [0.15, 0.2) is 29.4 Å². The SMILES string of the molecule is C[C@@H](O)[C@@H](N=[N+]=[N-])C(=O)c1ccc(F)cc1. The molecule has 0 aliphatic carbocycles. The van der Waals surface area contributed by atoms with Crippen LogP contribution in [0.4, 0.5) is 4.39 Å². The van der Waals surface area contributed by atoms with Crippen molar-refractivity contribution in [2.45, 2.75) is 19.1 Å². The van der Waals surface area contributed by atoms with Gasteiger partial charge in [-0.2, -0.15) is 0 Å². The van der Waals surface area contributed by atoms with Crippen LogP contribution in [0, 0.1) is 5.82 Å². The van der Waals surface area contributed by atoms with Gasteiger partial charge in [0.25, 0.3) is 0 Å². The van der Waals surface area contributed by atoms with Gasteiger partial charge in [-0.25, -0.2) is 4.39 Å². The summed E-state index contributed by atoms with van der Waals surface area (Å²) in [5.41, 5.74) is 8.45. The van der Waals surface area contributed by atoms with Crippen molar-refractivity contribution >= 4 is 5.78 Å². The van der Waals surface area contributed by atoms with E-state index in [1.165, 1.54) is 19.1 Å². The van der Waals surface area contributed by atoms with Gasteiger partial charge in [-0.3, -0.25) is 4.79 Å². The van der Waals surface area contributed by atoms with Gasteiger partial charge >= 0.3 is 0 Å². The molecule has 1 rings (SSSR count). The van der Waals surface area contributed by atoms with Crippen molar-refractivity contribution in [3.05, 3.63) is 46.1 Å². The van der Waals surface area contributed by atoms with E-state index in [4.69, 9.17) is 5.53 Å². The largest absolute Gasteiger partial charge is 0.393 e. The third-order valence-electron chi connectivity index (χ3n) is 2.03. The Morgan fingerprint density at radius 1 is 1.50 bits per heavy atom. The molecule has 0 spiro atoms. The molecule has 0 bridgehead atoms. The van der Waals surface area contributed by atoms with E-state index in [9.17, 15) is 14.3 Å². The number of aliphatic hydroxyl groups is 1. The van der Waals surface area contributed by atoms with Gasteiger partial charge in [-0.05, 0) is 36.7 Å². The highest BCUT2D eigenvalue weighted by atomic mass is 19.1. The van der Waals surface area contributed by atoms with Crippen molar-refractivity contribution in [2.24, 2.45) is 5.11 Å². The Labute approximate surface area is 91.1 Å². The zero-order valence-electron chi connectivity index (χ0n) is 8.54. The van der Waals surface area contributed by atoms with Crippen LogP contribution in [-0.2, 0) is 0 Å². The van der Waals surface area contributed by atoms with Crippen molar-refractivity contribution in [1.82, 2.24) is 0 Å². The molecule has 0 aromatic heterocycles. The zero-order chi connectivity index (χ0) is 12.1. The maximum Gasteiger partial charge on any atom is 0.174 e. The molecular weight excluding hydrogens is 213 g/mol. The molecule has 84 valence electrons. The third kappa shape index (κ3) is 2.79. The molecule has 0 aliphatic heterocycles. The molecule has 6 heteroatoms. The monoisotopic (exact) mass is 223 g/mol. The second-order valence-corrected chi connectivity index (χ2v) is 3.26. The lowest BCUT2D eigenvalue weighted by molar-refractivity contribution is 0.0848. The Bertz CT molecular complexity index is 424. The smallest absolute Gasteiger partial charge is 0.174 e. The summed E-state index contributed by atoms with van der Waals surface area (Å²) in [6.45, 7) is 1.35. The van der Waals surface area contributed by atoms with E-state index in [-0.39, 0.29) is 5.56 Å². The first kappa shape index (κ1) is 12.2. The normalized spacial score (nSPS) is 13.7. The van der Waals surface area contributed by atoms with Gasteiger partial charge in [0, 0.05) is 10.5 Å². The number of nitrogens with zero attached hydrogens (tertiary/aromatic N) is 3. The number of aliphatic hydroxyl groups excluding tert-OH is 1. The predicted molar refractivity (Wildman–Crippen MR) is 55.3 cm³/mol. The highest BCUT2D eigenvalue weighted by Gasteiger charge is 2.23. The van der Waals surface area contributed by atoms with Gasteiger partial charge in [0.15, 0.2) is 5.78 Å². The Balaban J connectivity index is 2.99. The molecule has 0 saturated carbocycles. The summed E-state index contributed by atoms with van der Waals surface area (Å²) >= 11 is 0. The number of Topliss-reactive ketones (excluding diaryl/α,β-unsaturated/α-hetero) is 1. The van der Waals surface area contributed by atoms with Crippen LogP contribution in [0.3, 0.4) is 0 Å². The van der Waals surface area contributed by atoms with E-state index < -0.39 is 23.7 Å². The molecule has 2 atom stereocenters. The van der Waals surface area contributed by atoms with E-state index in [0.29, 0.717) is 0 Å². The zero-order valence-corrected chi connectivity index (χ0v) is 8.54. The van der Waals surface area contributed by atoms with Crippen LogP contribution >= 0.6 is 0 Å². The number of hydrogen-bond donors (Lipinski definition) is 1. The highest BCUT2D eigenvalue weighted by Crippen LogP contribution is 2.11. The van der Waals surface area contributed by atoms with Gasteiger partial charge in [0.2, 0.25) is 0 Å². The molecular formula is C10H10FN3O2.